The number of carbonyl (C=O) groups is 3. The number of rotatable bonds is 5. The fourth-order valence-electron chi connectivity index (χ4n) is 2.35. The van der Waals surface area contributed by atoms with Crippen molar-refractivity contribution in [3.05, 3.63) is 53.5 Å². The number of nitrogens with one attached hydrogen (secondary N) is 2. The lowest BCUT2D eigenvalue weighted by molar-refractivity contribution is -0.123. The lowest BCUT2D eigenvalue weighted by atomic mass is 10.2. The van der Waals surface area contributed by atoms with Crippen LogP contribution in [0.1, 0.15) is 24.2 Å². The fourth-order valence-corrected chi connectivity index (χ4v) is 3.06. The number of fused-ring (bicyclic) bond motifs is 1. The predicted molar refractivity (Wildman–Crippen MR) is 104 cm³/mol. The highest BCUT2D eigenvalue weighted by Gasteiger charge is 2.19. The minimum atomic E-state index is -0.968. The lowest BCUT2D eigenvalue weighted by Crippen LogP contribution is -2.30. The van der Waals surface area contributed by atoms with Crippen molar-refractivity contribution < 1.29 is 19.1 Å². The van der Waals surface area contributed by atoms with Crippen LogP contribution in [0.3, 0.4) is 0 Å². The van der Waals surface area contributed by atoms with Crippen molar-refractivity contribution in [2.75, 3.05) is 10.6 Å². The molecule has 0 aliphatic heterocycles. The highest BCUT2D eigenvalue weighted by molar-refractivity contribution is 7.16. The first-order valence-corrected chi connectivity index (χ1v) is 9.03. The van der Waals surface area contributed by atoms with E-state index in [1.165, 1.54) is 25.2 Å². The average Bonchev–Trinajstić information content (AvgIpc) is 3.10. The van der Waals surface area contributed by atoms with Crippen LogP contribution < -0.4 is 10.6 Å². The van der Waals surface area contributed by atoms with E-state index in [1.807, 2.05) is 0 Å². The Bertz CT molecular complexity index is 998. The third kappa shape index (κ3) is 4.68. The second kappa shape index (κ2) is 7.96. The Morgan fingerprint density at radius 2 is 1.70 bits per heavy atom. The van der Waals surface area contributed by atoms with Gasteiger partial charge in [0.15, 0.2) is 6.10 Å². The van der Waals surface area contributed by atoms with Crippen molar-refractivity contribution in [2.24, 2.45) is 0 Å². The van der Waals surface area contributed by atoms with Crippen LogP contribution in [0.5, 0.6) is 0 Å². The summed E-state index contributed by atoms with van der Waals surface area (Å²) >= 11 is 1.43. The van der Waals surface area contributed by atoms with Crippen LogP contribution in [0.25, 0.3) is 10.2 Å². The Morgan fingerprint density at radius 1 is 1.04 bits per heavy atom. The van der Waals surface area contributed by atoms with Gasteiger partial charge in [-0.2, -0.15) is 0 Å². The molecule has 1 atom stereocenters. The molecular weight excluding hydrogens is 366 g/mol. The minimum absolute atomic E-state index is 0.177. The summed E-state index contributed by atoms with van der Waals surface area (Å²) in [5, 5.41) is 5.31. The van der Waals surface area contributed by atoms with E-state index in [4.69, 9.17) is 4.74 Å². The van der Waals surface area contributed by atoms with E-state index in [9.17, 15) is 14.4 Å². The largest absolute Gasteiger partial charge is 0.449 e. The Morgan fingerprint density at radius 3 is 2.37 bits per heavy atom. The average molecular weight is 383 g/mol. The maximum atomic E-state index is 12.3. The first kappa shape index (κ1) is 18.5. The van der Waals surface area contributed by atoms with E-state index >= 15 is 0 Å². The number of thiazole rings is 1. The van der Waals surface area contributed by atoms with Gasteiger partial charge in [0.2, 0.25) is 5.91 Å². The standard InChI is InChI=1S/C19H17N3O4S/c1-11(18(24)22-15-6-4-14(5-7-15)21-12(2)23)26-19(25)13-3-8-16-17(9-13)27-10-20-16/h3-11H,1-2H3,(H,21,23)(H,22,24)/t11-/m0/s1. The van der Waals surface area contributed by atoms with Crippen molar-refractivity contribution in [2.45, 2.75) is 20.0 Å². The van der Waals surface area contributed by atoms with Gasteiger partial charge in [0.25, 0.3) is 5.91 Å². The number of esters is 1. The molecule has 2 amide bonds. The molecule has 27 heavy (non-hydrogen) atoms. The van der Waals surface area contributed by atoms with Gasteiger partial charge in [0.1, 0.15) is 0 Å². The molecule has 0 aliphatic rings. The van der Waals surface area contributed by atoms with E-state index < -0.39 is 18.0 Å². The molecule has 2 N–H and O–H groups in total. The van der Waals surface area contributed by atoms with Gasteiger partial charge in [0.05, 0.1) is 21.3 Å². The van der Waals surface area contributed by atoms with Crippen molar-refractivity contribution in [3.63, 3.8) is 0 Å². The number of benzene rings is 2. The molecule has 0 fully saturated rings. The number of ether oxygens (including phenoxy) is 1. The zero-order valence-electron chi connectivity index (χ0n) is 14.7. The van der Waals surface area contributed by atoms with Gasteiger partial charge in [-0.05, 0) is 49.4 Å². The van der Waals surface area contributed by atoms with Gasteiger partial charge >= 0.3 is 5.97 Å². The van der Waals surface area contributed by atoms with E-state index in [0.717, 1.165) is 10.2 Å². The number of anilines is 2. The Labute approximate surface area is 159 Å². The first-order chi connectivity index (χ1) is 12.9. The molecule has 0 radical (unpaired) electrons. The minimum Gasteiger partial charge on any atom is -0.449 e. The van der Waals surface area contributed by atoms with Crippen LogP contribution in [0, 0.1) is 0 Å². The second-order valence-electron chi connectivity index (χ2n) is 5.83. The maximum Gasteiger partial charge on any atom is 0.338 e. The summed E-state index contributed by atoms with van der Waals surface area (Å²) in [6.07, 6.45) is -0.968. The van der Waals surface area contributed by atoms with Gasteiger partial charge in [-0.1, -0.05) is 0 Å². The number of aromatic nitrogens is 1. The maximum absolute atomic E-state index is 12.3. The molecule has 0 aliphatic carbocycles. The molecule has 3 rings (SSSR count). The Balaban J connectivity index is 1.59. The van der Waals surface area contributed by atoms with Gasteiger partial charge in [0, 0.05) is 18.3 Å². The summed E-state index contributed by atoms with van der Waals surface area (Å²) < 4.78 is 6.12. The van der Waals surface area contributed by atoms with Gasteiger partial charge in [-0.25, -0.2) is 9.78 Å². The molecule has 0 saturated carbocycles. The molecule has 0 spiro atoms. The number of hydrogen-bond donors (Lipinski definition) is 2. The first-order valence-electron chi connectivity index (χ1n) is 8.15. The molecule has 0 saturated heterocycles. The molecule has 2 aromatic carbocycles. The number of nitrogens with zero attached hydrogens (tertiary/aromatic N) is 1. The van der Waals surface area contributed by atoms with Gasteiger partial charge < -0.3 is 15.4 Å². The fraction of sp³-hybridized carbons (Fsp3) is 0.158. The predicted octanol–water partition coefficient (Wildman–Crippen LogP) is 3.44. The number of hydrogen-bond acceptors (Lipinski definition) is 6. The summed E-state index contributed by atoms with van der Waals surface area (Å²) in [4.78, 5) is 39.7. The van der Waals surface area contributed by atoms with E-state index in [0.29, 0.717) is 16.9 Å². The SMILES string of the molecule is CC(=O)Nc1ccc(NC(=O)[C@H](C)OC(=O)c2ccc3ncsc3c2)cc1. The van der Waals surface area contributed by atoms with Crippen molar-refractivity contribution in [1.29, 1.82) is 0 Å². The van der Waals surface area contributed by atoms with Crippen LogP contribution in [0.15, 0.2) is 48.0 Å². The molecular formula is C19H17N3O4S. The van der Waals surface area contributed by atoms with Crippen LogP contribution in [-0.4, -0.2) is 28.9 Å². The molecule has 1 aromatic heterocycles. The third-order valence-corrected chi connectivity index (χ3v) is 4.48. The van der Waals surface area contributed by atoms with E-state index in [2.05, 4.69) is 15.6 Å². The summed E-state index contributed by atoms with van der Waals surface area (Å²) in [6.45, 7) is 2.92. The Hall–Kier alpha value is -3.26. The van der Waals surface area contributed by atoms with Gasteiger partial charge in [-0.3, -0.25) is 9.59 Å². The summed E-state index contributed by atoms with van der Waals surface area (Å²) in [5.74, 6) is -1.20. The van der Waals surface area contributed by atoms with E-state index in [1.54, 1.807) is 48.0 Å². The van der Waals surface area contributed by atoms with Crippen LogP contribution in [0.2, 0.25) is 0 Å². The molecule has 1 heterocycles. The molecule has 0 unspecified atom stereocenters. The molecule has 3 aromatic rings. The summed E-state index contributed by atoms with van der Waals surface area (Å²) in [6, 6.07) is 11.7. The Kier molecular flexibility index (Phi) is 5.46. The molecule has 138 valence electrons. The lowest BCUT2D eigenvalue weighted by Gasteiger charge is -2.14. The highest BCUT2D eigenvalue weighted by Crippen LogP contribution is 2.20. The van der Waals surface area contributed by atoms with Crippen LogP contribution in [-0.2, 0) is 14.3 Å². The van der Waals surface area contributed by atoms with Crippen molar-refractivity contribution in [1.82, 2.24) is 4.98 Å². The quantitative estimate of drug-likeness (QED) is 0.658. The molecule has 0 bridgehead atoms. The smallest absolute Gasteiger partial charge is 0.338 e. The van der Waals surface area contributed by atoms with Crippen LogP contribution >= 0.6 is 11.3 Å². The van der Waals surface area contributed by atoms with Crippen molar-refractivity contribution in [3.8, 4) is 0 Å². The molecule has 8 heteroatoms. The van der Waals surface area contributed by atoms with Gasteiger partial charge in [-0.15, -0.1) is 11.3 Å². The van der Waals surface area contributed by atoms with E-state index in [-0.39, 0.29) is 5.91 Å². The summed E-state index contributed by atoms with van der Waals surface area (Å²) in [7, 11) is 0. The monoisotopic (exact) mass is 383 g/mol. The number of amides is 2. The zero-order valence-corrected chi connectivity index (χ0v) is 15.5. The summed E-state index contributed by atoms with van der Waals surface area (Å²) in [5.41, 5.74) is 4.03. The third-order valence-electron chi connectivity index (χ3n) is 3.69. The number of carbonyl (C=O) groups excluding carboxylic acids is 3. The topological polar surface area (TPSA) is 97.4 Å². The highest BCUT2D eigenvalue weighted by atomic mass is 32.1. The molecule has 7 nitrogen and oxygen atoms in total. The second-order valence-corrected chi connectivity index (χ2v) is 6.72. The normalized spacial score (nSPS) is 11.6. The van der Waals surface area contributed by atoms with Crippen LogP contribution in [0.4, 0.5) is 11.4 Å². The van der Waals surface area contributed by atoms with Crippen molar-refractivity contribution >= 4 is 50.7 Å². The zero-order chi connectivity index (χ0) is 19.4.